The molecule has 3 rings (SSSR count). The monoisotopic (exact) mass is 238 g/mol. The van der Waals surface area contributed by atoms with Gasteiger partial charge >= 0.3 is 0 Å². The van der Waals surface area contributed by atoms with E-state index in [1.165, 1.54) is 23.2 Å². The maximum absolute atomic E-state index is 4.64. The number of benzene rings is 1. The van der Waals surface area contributed by atoms with Gasteiger partial charge in [-0.25, -0.2) is 0 Å². The fourth-order valence-electron chi connectivity index (χ4n) is 2.58. The molecule has 0 fully saturated rings. The van der Waals surface area contributed by atoms with E-state index in [2.05, 4.69) is 47.6 Å². The van der Waals surface area contributed by atoms with E-state index in [0.717, 1.165) is 17.8 Å². The Morgan fingerprint density at radius 3 is 2.83 bits per heavy atom. The molecule has 1 atom stereocenters. The summed E-state index contributed by atoms with van der Waals surface area (Å²) in [7, 11) is 0. The molecular weight excluding hydrogens is 220 g/mol. The molecule has 92 valence electrons. The number of pyridine rings is 1. The maximum Gasteiger partial charge on any atom is 0.0726 e. The molecule has 0 spiro atoms. The smallest absolute Gasteiger partial charge is 0.0726 e. The van der Waals surface area contributed by atoms with Gasteiger partial charge in [-0.05, 0) is 44.4 Å². The molecule has 0 aliphatic carbocycles. The van der Waals surface area contributed by atoms with Crippen LogP contribution in [0.1, 0.15) is 24.6 Å². The number of aryl methyl sites for hydroxylation is 2. The van der Waals surface area contributed by atoms with E-state index in [-0.39, 0.29) is 0 Å². The summed E-state index contributed by atoms with van der Waals surface area (Å²) >= 11 is 0. The second-order valence-corrected chi connectivity index (χ2v) is 5.09. The van der Waals surface area contributed by atoms with Gasteiger partial charge in [-0.15, -0.1) is 0 Å². The fourth-order valence-corrected chi connectivity index (χ4v) is 2.58. The minimum absolute atomic E-state index is 0.545. The lowest BCUT2D eigenvalue weighted by molar-refractivity contribution is 0.681. The Kier molecular flexibility index (Phi) is 2.78. The molecule has 0 radical (unpaired) electrons. The Morgan fingerprint density at radius 2 is 2.00 bits per heavy atom. The summed E-state index contributed by atoms with van der Waals surface area (Å²) in [5.74, 6) is 0. The van der Waals surface area contributed by atoms with Crippen molar-refractivity contribution in [1.82, 2.24) is 4.98 Å². The summed E-state index contributed by atoms with van der Waals surface area (Å²) < 4.78 is 0. The van der Waals surface area contributed by atoms with Crippen LogP contribution >= 0.6 is 0 Å². The molecule has 1 aliphatic heterocycles. The van der Waals surface area contributed by atoms with Crippen LogP contribution in [-0.2, 0) is 6.42 Å². The lowest BCUT2D eigenvalue weighted by atomic mass is 9.94. The highest BCUT2D eigenvalue weighted by Crippen LogP contribution is 2.34. The second-order valence-electron chi connectivity index (χ2n) is 5.09. The molecule has 0 saturated carbocycles. The molecule has 0 amide bonds. The van der Waals surface area contributed by atoms with E-state index < -0.39 is 0 Å². The molecule has 0 saturated heterocycles. The van der Waals surface area contributed by atoms with Crippen LogP contribution in [-0.4, -0.2) is 11.0 Å². The van der Waals surface area contributed by atoms with Gasteiger partial charge < -0.3 is 5.32 Å². The molecule has 0 bridgehead atoms. The van der Waals surface area contributed by atoms with Gasteiger partial charge in [-0.3, -0.25) is 4.98 Å². The summed E-state index contributed by atoms with van der Waals surface area (Å²) in [5, 5.41) is 3.61. The predicted molar refractivity (Wildman–Crippen MR) is 75.8 cm³/mol. The van der Waals surface area contributed by atoms with Gasteiger partial charge in [0.15, 0.2) is 0 Å². The van der Waals surface area contributed by atoms with Crippen molar-refractivity contribution >= 4 is 5.69 Å². The number of para-hydroxylation sites is 1. The second kappa shape index (κ2) is 4.45. The lowest BCUT2D eigenvalue weighted by Crippen LogP contribution is -2.22. The van der Waals surface area contributed by atoms with Crippen molar-refractivity contribution in [3.05, 3.63) is 47.7 Å². The summed E-state index contributed by atoms with van der Waals surface area (Å²) in [6, 6.07) is 13.3. The SMILES string of the molecule is Cc1cccc(-c2cccc3c2NC(C)CC3)n1. The first-order chi connectivity index (χ1) is 8.74. The van der Waals surface area contributed by atoms with Gasteiger partial charge in [0, 0.05) is 23.0 Å². The molecular formula is C16H18N2. The molecule has 18 heavy (non-hydrogen) atoms. The highest BCUT2D eigenvalue weighted by Gasteiger charge is 2.17. The van der Waals surface area contributed by atoms with Crippen LogP contribution in [0.4, 0.5) is 5.69 Å². The van der Waals surface area contributed by atoms with Crippen LogP contribution in [0.3, 0.4) is 0 Å². The van der Waals surface area contributed by atoms with E-state index in [1.807, 2.05) is 13.0 Å². The Hall–Kier alpha value is -1.83. The maximum atomic E-state index is 4.64. The predicted octanol–water partition coefficient (Wildman–Crippen LogP) is 3.80. The molecule has 1 aromatic carbocycles. The normalized spacial score (nSPS) is 18.0. The average Bonchev–Trinajstić information content (AvgIpc) is 2.38. The van der Waals surface area contributed by atoms with Crippen molar-refractivity contribution in [3.63, 3.8) is 0 Å². The summed E-state index contributed by atoms with van der Waals surface area (Å²) in [5.41, 5.74) is 6.04. The third kappa shape index (κ3) is 1.99. The zero-order valence-corrected chi connectivity index (χ0v) is 10.9. The van der Waals surface area contributed by atoms with Crippen molar-refractivity contribution in [3.8, 4) is 11.3 Å². The summed E-state index contributed by atoms with van der Waals surface area (Å²) in [6.07, 6.45) is 2.36. The highest BCUT2D eigenvalue weighted by molar-refractivity contribution is 5.79. The topological polar surface area (TPSA) is 24.9 Å². The molecule has 1 N–H and O–H groups in total. The first-order valence-electron chi connectivity index (χ1n) is 6.56. The van der Waals surface area contributed by atoms with E-state index in [1.54, 1.807) is 0 Å². The first kappa shape index (κ1) is 11.3. The Morgan fingerprint density at radius 1 is 1.17 bits per heavy atom. The number of rotatable bonds is 1. The van der Waals surface area contributed by atoms with Crippen LogP contribution < -0.4 is 5.32 Å². The van der Waals surface area contributed by atoms with Gasteiger partial charge in [-0.1, -0.05) is 24.3 Å². The number of hydrogen-bond donors (Lipinski definition) is 1. The molecule has 1 unspecified atom stereocenters. The van der Waals surface area contributed by atoms with Crippen molar-refractivity contribution in [2.24, 2.45) is 0 Å². The molecule has 2 nitrogen and oxygen atoms in total. The Bertz CT molecular complexity index is 575. The number of nitrogens with one attached hydrogen (secondary N) is 1. The van der Waals surface area contributed by atoms with Crippen LogP contribution in [0.5, 0.6) is 0 Å². The Labute approximate surface area is 108 Å². The number of hydrogen-bond acceptors (Lipinski definition) is 2. The molecule has 1 aliphatic rings. The van der Waals surface area contributed by atoms with Crippen molar-refractivity contribution in [2.45, 2.75) is 32.7 Å². The molecule has 1 aromatic heterocycles. The fraction of sp³-hybridized carbons (Fsp3) is 0.312. The van der Waals surface area contributed by atoms with Crippen LogP contribution in [0.25, 0.3) is 11.3 Å². The quantitative estimate of drug-likeness (QED) is 0.817. The lowest BCUT2D eigenvalue weighted by Gasteiger charge is -2.26. The number of nitrogens with zero attached hydrogens (tertiary/aromatic N) is 1. The summed E-state index contributed by atoms with van der Waals surface area (Å²) in [4.78, 5) is 4.64. The van der Waals surface area contributed by atoms with Crippen molar-refractivity contribution in [2.75, 3.05) is 5.32 Å². The Balaban J connectivity index is 2.13. The van der Waals surface area contributed by atoms with E-state index in [9.17, 15) is 0 Å². The number of aromatic nitrogens is 1. The van der Waals surface area contributed by atoms with Gasteiger partial charge in [-0.2, -0.15) is 0 Å². The average molecular weight is 238 g/mol. The number of fused-ring (bicyclic) bond motifs is 1. The van der Waals surface area contributed by atoms with Crippen LogP contribution in [0.2, 0.25) is 0 Å². The van der Waals surface area contributed by atoms with E-state index in [0.29, 0.717) is 6.04 Å². The third-order valence-electron chi connectivity index (χ3n) is 3.55. The van der Waals surface area contributed by atoms with Crippen molar-refractivity contribution < 1.29 is 0 Å². The molecule has 2 heterocycles. The van der Waals surface area contributed by atoms with Crippen molar-refractivity contribution in [1.29, 1.82) is 0 Å². The van der Waals surface area contributed by atoms with Gasteiger partial charge in [0.25, 0.3) is 0 Å². The van der Waals surface area contributed by atoms with Gasteiger partial charge in [0.05, 0.1) is 5.69 Å². The van der Waals surface area contributed by atoms with Gasteiger partial charge in [0.2, 0.25) is 0 Å². The highest BCUT2D eigenvalue weighted by atomic mass is 14.9. The van der Waals surface area contributed by atoms with Crippen LogP contribution in [0.15, 0.2) is 36.4 Å². The summed E-state index contributed by atoms with van der Waals surface area (Å²) in [6.45, 7) is 4.28. The zero-order chi connectivity index (χ0) is 12.5. The number of anilines is 1. The standard InChI is InChI=1S/C16H18N2/c1-11-5-3-8-15(17-11)14-7-4-6-13-10-9-12(2)18-16(13)14/h3-8,12,18H,9-10H2,1-2H3. The molecule has 2 heteroatoms. The van der Waals surface area contributed by atoms with E-state index >= 15 is 0 Å². The molecule has 2 aromatic rings. The third-order valence-corrected chi connectivity index (χ3v) is 3.55. The van der Waals surface area contributed by atoms with Crippen LogP contribution in [0, 0.1) is 6.92 Å². The minimum Gasteiger partial charge on any atom is -0.382 e. The largest absolute Gasteiger partial charge is 0.382 e. The van der Waals surface area contributed by atoms with E-state index in [4.69, 9.17) is 0 Å². The zero-order valence-electron chi connectivity index (χ0n) is 10.9. The minimum atomic E-state index is 0.545. The van der Waals surface area contributed by atoms with Gasteiger partial charge in [0.1, 0.15) is 0 Å². The first-order valence-corrected chi connectivity index (χ1v) is 6.56.